The second kappa shape index (κ2) is 4.20. The first-order valence-corrected chi connectivity index (χ1v) is 5.36. The third-order valence-corrected chi connectivity index (χ3v) is 2.78. The average molecular weight is 242 g/mol. The second-order valence-corrected chi connectivity index (χ2v) is 4.25. The van der Waals surface area contributed by atoms with Gasteiger partial charge in [0.15, 0.2) is 0 Å². The van der Waals surface area contributed by atoms with Gasteiger partial charge in [-0.1, -0.05) is 0 Å². The van der Waals surface area contributed by atoms with Gasteiger partial charge in [-0.25, -0.2) is 0 Å². The summed E-state index contributed by atoms with van der Waals surface area (Å²) in [6.07, 6.45) is 6.05. The summed E-state index contributed by atoms with van der Waals surface area (Å²) in [5, 5.41) is 0. The molecule has 0 radical (unpaired) electrons. The molecule has 1 fully saturated rings. The summed E-state index contributed by atoms with van der Waals surface area (Å²) in [6.45, 7) is 0.651. The van der Waals surface area contributed by atoms with E-state index in [-0.39, 0.29) is 0 Å². The molecule has 0 bridgehead atoms. The molecule has 0 unspecified atom stereocenters. The lowest BCUT2D eigenvalue weighted by Crippen LogP contribution is -2.21. The number of hydrogen-bond acceptors (Lipinski definition) is 2. The molecular weight excluding hydrogens is 230 g/mol. The SMILES string of the molecule is Brc1ccc(COC2CCC2)nc1. The summed E-state index contributed by atoms with van der Waals surface area (Å²) in [5.41, 5.74) is 1.01. The molecule has 0 N–H and O–H groups in total. The molecule has 0 aliphatic heterocycles. The summed E-state index contributed by atoms with van der Waals surface area (Å²) in [5.74, 6) is 0. The molecule has 1 aromatic rings. The number of halogens is 1. The number of ether oxygens (including phenoxy) is 1. The van der Waals surface area contributed by atoms with E-state index in [1.807, 2.05) is 12.1 Å². The van der Waals surface area contributed by atoms with E-state index < -0.39 is 0 Å². The molecule has 1 saturated carbocycles. The van der Waals surface area contributed by atoms with Crippen molar-refractivity contribution in [1.29, 1.82) is 0 Å². The minimum absolute atomic E-state index is 0.491. The van der Waals surface area contributed by atoms with E-state index in [1.165, 1.54) is 19.3 Å². The van der Waals surface area contributed by atoms with Crippen LogP contribution in [0.5, 0.6) is 0 Å². The third-order valence-electron chi connectivity index (χ3n) is 2.31. The molecule has 1 aromatic heterocycles. The lowest BCUT2D eigenvalue weighted by molar-refractivity contribution is -0.0101. The van der Waals surface area contributed by atoms with Crippen molar-refractivity contribution in [2.24, 2.45) is 0 Å². The zero-order valence-corrected chi connectivity index (χ0v) is 8.96. The Balaban J connectivity index is 1.83. The van der Waals surface area contributed by atoms with Gasteiger partial charge in [0, 0.05) is 10.7 Å². The third kappa shape index (κ3) is 2.51. The Labute approximate surface area is 86.5 Å². The highest BCUT2D eigenvalue weighted by atomic mass is 79.9. The maximum Gasteiger partial charge on any atom is 0.0891 e. The van der Waals surface area contributed by atoms with Gasteiger partial charge in [0.2, 0.25) is 0 Å². The van der Waals surface area contributed by atoms with Crippen molar-refractivity contribution < 1.29 is 4.74 Å². The van der Waals surface area contributed by atoms with Gasteiger partial charge in [-0.15, -0.1) is 0 Å². The van der Waals surface area contributed by atoms with Crippen molar-refractivity contribution in [3.63, 3.8) is 0 Å². The van der Waals surface area contributed by atoms with Gasteiger partial charge >= 0.3 is 0 Å². The Morgan fingerprint density at radius 2 is 2.31 bits per heavy atom. The number of pyridine rings is 1. The molecule has 2 rings (SSSR count). The Morgan fingerprint density at radius 1 is 1.46 bits per heavy atom. The molecular formula is C10H12BrNO. The molecule has 13 heavy (non-hydrogen) atoms. The van der Waals surface area contributed by atoms with Crippen LogP contribution in [-0.2, 0) is 11.3 Å². The predicted molar refractivity (Wildman–Crippen MR) is 54.4 cm³/mol. The second-order valence-electron chi connectivity index (χ2n) is 3.33. The zero-order valence-electron chi connectivity index (χ0n) is 7.37. The van der Waals surface area contributed by atoms with Crippen molar-refractivity contribution in [2.45, 2.75) is 32.0 Å². The van der Waals surface area contributed by atoms with Crippen LogP contribution in [0.15, 0.2) is 22.8 Å². The zero-order chi connectivity index (χ0) is 9.10. The average Bonchev–Trinajstić information content (AvgIpc) is 2.05. The Morgan fingerprint density at radius 3 is 2.85 bits per heavy atom. The highest BCUT2D eigenvalue weighted by Crippen LogP contribution is 2.22. The maximum absolute atomic E-state index is 5.63. The Hall–Kier alpha value is -0.410. The Bertz CT molecular complexity index is 269. The van der Waals surface area contributed by atoms with Gasteiger partial charge in [0.25, 0.3) is 0 Å². The van der Waals surface area contributed by atoms with Gasteiger partial charge in [0.05, 0.1) is 18.4 Å². The normalized spacial score (nSPS) is 17.0. The lowest BCUT2D eigenvalue weighted by Gasteiger charge is -2.25. The molecule has 0 amide bonds. The number of rotatable bonds is 3. The van der Waals surface area contributed by atoms with Crippen molar-refractivity contribution in [1.82, 2.24) is 4.98 Å². The fourth-order valence-corrected chi connectivity index (χ4v) is 1.47. The van der Waals surface area contributed by atoms with Crippen LogP contribution in [0.3, 0.4) is 0 Å². The van der Waals surface area contributed by atoms with Crippen LogP contribution in [-0.4, -0.2) is 11.1 Å². The monoisotopic (exact) mass is 241 g/mol. The van der Waals surface area contributed by atoms with Crippen molar-refractivity contribution in [3.05, 3.63) is 28.5 Å². The van der Waals surface area contributed by atoms with Crippen LogP contribution in [0.1, 0.15) is 25.0 Å². The molecule has 3 heteroatoms. The summed E-state index contributed by atoms with van der Waals surface area (Å²) >= 11 is 3.35. The number of nitrogens with zero attached hydrogens (tertiary/aromatic N) is 1. The first-order valence-electron chi connectivity index (χ1n) is 4.56. The van der Waals surface area contributed by atoms with Gasteiger partial charge in [-0.05, 0) is 47.3 Å². The predicted octanol–water partition coefficient (Wildman–Crippen LogP) is 2.91. The molecule has 0 atom stereocenters. The quantitative estimate of drug-likeness (QED) is 0.812. The van der Waals surface area contributed by atoms with E-state index in [0.717, 1.165) is 10.2 Å². The molecule has 70 valence electrons. The van der Waals surface area contributed by atoms with E-state index in [1.54, 1.807) is 6.20 Å². The fraction of sp³-hybridized carbons (Fsp3) is 0.500. The van der Waals surface area contributed by atoms with Crippen LogP contribution in [0.4, 0.5) is 0 Å². The molecule has 1 heterocycles. The summed E-state index contributed by atoms with van der Waals surface area (Å²) in [4.78, 5) is 4.24. The van der Waals surface area contributed by atoms with Crippen molar-refractivity contribution in [2.75, 3.05) is 0 Å². The lowest BCUT2D eigenvalue weighted by atomic mass is 9.96. The highest BCUT2D eigenvalue weighted by molar-refractivity contribution is 9.10. The first kappa shape index (κ1) is 9.16. The Kier molecular flexibility index (Phi) is 2.96. The van der Waals surface area contributed by atoms with Gasteiger partial charge in [0.1, 0.15) is 0 Å². The molecule has 2 nitrogen and oxygen atoms in total. The summed E-state index contributed by atoms with van der Waals surface area (Å²) < 4.78 is 6.64. The van der Waals surface area contributed by atoms with Gasteiger partial charge < -0.3 is 4.74 Å². The van der Waals surface area contributed by atoms with E-state index in [2.05, 4.69) is 20.9 Å². The standard InChI is InChI=1S/C10H12BrNO/c11-8-4-5-9(12-6-8)7-13-10-2-1-3-10/h4-6,10H,1-3,7H2. The minimum atomic E-state index is 0.491. The van der Waals surface area contributed by atoms with E-state index in [0.29, 0.717) is 12.7 Å². The maximum atomic E-state index is 5.63. The van der Waals surface area contributed by atoms with Crippen molar-refractivity contribution in [3.8, 4) is 0 Å². The smallest absolute Gasteiger partial charge is 0.0891 e. The fourth-order valence-electron chi connectivity index (χ4n) is 1.23. The van der Waals surface area contributed by atoms with Crippen LogP contribution in [0.2, 0.25) is 0 Å². The summed E-state index contributed by atoms with van der Waals surface area (Å²) in [7, 11) is 0. The van der Waals surface area contributed by atoms with Crippen LogP contribution in [0, 0.1) is 0 Å². The largest absolute Gasteiger partial charge is 0.372 e. The molecule has 1 aliphatic rings. The van der Waals surface area contributed by atoms with E-state index in [4.69, 9.17) is 4.74 Å². The minimum Gasteiger partial charge on any atom is -0.372 e. The van der Waals surface area contributed by atoms with Gasteiger partial charge in [-0.2, -0.15) is 0 Å². The molecule has 0 spiro atoms. The highest BCUT2D eigenvalue weighted by Gasteiger charge is 2.17. The molecule has 0 aromatic carbocycles. The van der Waals surface area contributed by atoms with Crippen LogP contribution in [0.25, 0.3) is 0 Å². The number of hydrogen-bond donors (Lipinski definition) is 0. The van der Waals surface area contributed by atoms with Crippen LogP contribution >= 0.6 is 15.9 Å². The van der Waals surface area contributed by atoms with E-state index in [9.17, 15) is 0 Å². The van der Waals surface area contributed by atoms with Crippen molar-refractivity contribution >= 4 is 15.9 Å². The van der Waals surface area contributed by atoms with Gasteiger partial charge in [-0.3, -0.25) is 4.98 Å². The topological polar surface area (TPSA) is 22.1 Å². The van der Waals surface area contributed by atoms with E-state index >= 15 is 0 Å². The first-order chi connectivity index (χ1) is 6.34. The summed E-state index contributed by atoms with van der Waals surface area (Å²) in [6, 6.07) is 3.98. The number of aromatic nitrogens is 1. The van der Waals surface area contributed by atoms with Crippen LogP contribution < -0.4 is 0 Å². The molecule has 1 aliphatic carbocycles. The molecule has 0 saturated heterocycles.